The first-order valence-electron chi connectivity index (χ1n) is 5.57. The molecule has 5 nitrogen and oxygen atoms in total. The van der Waals surface area contributed by atoms with Gasteiger partial charge in [0, 0.05) is 17.4 Å². The third kappa shape index (κ3) is 4.05. The maximum atomic E-state index is 11.1. The second-order valence-corrected chi connectivity index (χ2v) is 5.53. The first kappa shape index (κ1) is 15.1. The van der Waals surface area contributed by atoms with Crippen molar-refractivity contribution in [3.8, 4) is 0 Å². The van der Waals surface area contributed by atoms with Crippen LogP contribution in [-0.4, -0.2) is 40.2 Å². The van der Waals surface area contributed by atoms with Crippen LogP contribution in [0.4, 0.5) is 4.79 Å². The number of carbonyl (C=O) groups is 2. The SMILES string of the molecule is O=C(O)CCCC[C@@H]1SC[C@@H]2NC(=O)N[C@@H]21.[H-].[Na+]. The fourth-order valence-corrected chi connectivity index (χ4v) is 3.81. The summed E-state index contributed by atoms with van der Waals surface area (Å²) in [6.07, 6.45) is 2.88. The molecular formula is C10H17N2NaO3S. The van der Waals surface area contributed by atoms with Crippen LogP contribution in [0.5, 0.6) is 0 Å². The van der Waals surface area contributed by atoms with E-state index in [1.54, 1.807) is 0 Å². The standard InChI is InChI=1S/C10H16N2O3S.Na.H/c13-8(14)4-2-1-3-7-9-6(5-16-7)11-10(15)12-9;;/h6-7,9H,1-5H2,(H,13,14)(H2,11,12,15);;/q;+1;-1/t6-,7-,9-;;/m0../s1. The molecular weight excluding hydrogens is 251 g/mol. The monoisotopic (exact) mass is 268 g/mol. The molecule has 3 N–H and O–H groups in total. The van der Waals surface area contributed by atoms with E-state index in [1.807, 2.05) is 11.8 Å². The van der Waals surface area contributed by atoms with Gasteiger partial charge in [0.15, 0.2) is 0 Å². The predicted octanol–water partition coefficient (Wildman–Crippen LogP) is -2.09. The van der Waals surface area contributed by atoms with Gasteiger partial charge in [-0.15, -0.1) is 0 Å². The number of hydrogen-bond acceptors (Lipinski definition) is 3. The molecule has 2 aliphatic heterocycles. The second-order valence-electron chi connectivity index (χ2n) is 4.26. The molecule has 17 heavy (non-hydrogen) atoms. The molecule has 2 rings (SSSR count). The van der Waals surface area contributed by atoms with Crippen LogP contribution in [0.2, 0.25) is 0 Å². The van der Waals surface area contributed by atoms with Crippen molar-refractivity contribution in [2.45, 2.75) is 43.0 Å². The van der Waals surface area contributed by atoms with E-state index >= 15 is 0 Å². The first-order chi connectivity index (χ1) is 7.66. The summed E-state index contributed by atoms with van der Waals surface area (Å²) >= 11 is 1.87. The Kier molecular flexibility index (Phi) is 6.12. The summed E-state index contributed by atoms with van der Waals surface area (Å²) in [5.74, 6) is 0.236. The van der Waals surface area contributed by atoms with Crippen molar-refractivity contribution in [2.75, 3.05) is 5.75 Å². The topological polar surface area (TPSA) is 78.4 Å². The van der Waals surface area contributed by atoms with Crippen LogP contribution in [-0.2, 0) is 4.79 Å². The van der Waals surface area contributed by atoms with Gasteiger partial charge in [0.25, 0.3) is 0 Å². The maximum Gasteiger partial charge on any atom is 1.00 e. The molecule has 0 aromatic carbocycles. The van der Waals surface area contributed by atoms with Crippen molar-refractivity contribution in [2.24, 2.45) is 0 Å². The zero-order chi connectivity index (χ0) is 11.5. The molecule has 2 saturated heterocycles. The Bertz CT molecular complexity index is 309. The summed E-state index contributed by atoms with van der Waals surface area (Å²) in [6, 6.07) is 0.440. The van der Waals surface area contributed by atoms with Crippen LogP contribution in [0.1, 0.15) is 27.1 Å². The number of thioether (sulfide) groups is 1. The van der Waals surface area contributed by atoms with Gasteiger partial charge in [0.1, 0.15) is 0 Å². The van der Waals surface area contributed by atoms with Gasteiger partial charge in [-0.3, -0.25) is 4.79 Å². The number of carbonyl (C=O) groups excluding carboxylic acids is 1. The molecule has 0 radical (unpaired) electrons. The number of fused-ring (bicyclic) bond motifs is 1. The normalized spacial score (nSPS) is 30.1. The fraction of sp³-hybridized carbons (Fsp3) is 0.800. The van der Waals surface area contributed by atoms with Crippen LogP contribution in [0, 0.1) is 0 Å². The van der Waals surface area contributed by atoms with Crippen LogP contribution in [0.3, 0.4) is 0 Å². The zero-order valence-electron chi connectivity index (χ0n) is 10.9. The Morgan fingerprint density at radius 1 is 1.47 bits per heavy atom. The molecule has 0 saturated carbocycles. The largest absolute Gasteiger partial charge is 1.00 e. The van der Waals surface area contributed by atoms with Crippen LogP contribution in [0.15, 0.2) is 0 Å². The van der Waals surface area contributed by atoms with E-state index in [0.29, 0.717) is 5.25 Å². The molecule has 2 amide bonds. The van der Waals surface area contributed by atoms with Gasteiger partial charge in [0.2, 0.25) is 0 Å². The summed E-state index contributed by atoms with van der Waals surface area (Å²) in [5, 5.41) is 14.8. The third-order valence-electron chi connectivity index (χ3n) is 3.07. The summed E-state index contributed by atoms with van der Waals surface area (Å²) in [7, 11) is 0. The second kappa shape index (κ2) is 6.87. The third-order valence-corrected chi connectivity index (χ3v) is 4.58. The maximum absolute atomic E-state index is 11.1. The van der Waals surface area contributed by atoms with Gasteiger partial charge < -0.3 is 17.2 Å². The van der Waals surface area contributed by atoms with Crippen molar-refractivity contribution < 1.29 is 45.7 Å². The summed E-state index contributed by atoms with van der Waals surface area (Å²) < 4.78 is 0. The molecule has 2 fully saturated rings. The molecule has 0 unspecified atom stereocenters. The number of aliphatic carboxylic acids is 1. The predicted molar refractivity (Wildman–Crippen MR) is 62.7 cm³/mol. The van der Waals surface area contributed by atoms with Crippen molar-refractivity contribution >= 4 is 23.8 Å². The van der Waals surface area contributed by atoms with Crippen LogP contribution in [0.25, 0.3) is 0 Å². The molecule has 0 aromatic rings. The molecule has 7 heteroatoms. The molecule has 92 valence electrons. The van der Waals surface area contributed by atoms with E-state index in [0.717, 1.165) is 25.0 Å². The smallest absolute Gasteiger partial charge is 1.00 e. The summed E-state index contributed by atoms with van der Waals surface area (Å²) in [4.78, 5) is 21.5. The van der Waals surface area contributed by atoms with Crippen molar-refractivity contribution in [1.82, 2.24) is 10.6 Å². The number of unbranched alkanes of at least 4 members (excludes halogenated alkanes) is 1. The average Bonchev–Trinajstić information content (AvgIpc) is 2.72. The molecule has 2 heterocycles. The van der Waals surface area contributed by atoms with E-state index in [2.05, 4.69) is 10.6 Å². The van der Waals surface area contributed by atoms with Crippen LogP contribution >= 0.6 is 11.8 Å². The Labute approximate surface area is 128 Å². The Balaban J connectivity index is 0.00000144. The Morgan fingerprint density at radius 2 is 2.24 bits per heavy atom. The van der Waals surface area contributed by atoms with Gasteiger partial charge in [0.05, 0.1) is 12.1 Å². The zero-order valence-corrected chi connectivity index (χ0v) is 12.8. The van der Waals surface area contributed by atoms with Crippen molar-refractivity contribution in [3.05, 3.63) is 0 Å². The Morgan fingerprint density at radius 3 is 2.94 bits per heavy atom. The van der Waals surface area contributed by atoms with E-state index in [9.17, 15) is 9.59 Å². The van der Waals surface area contributed by atoms with Crippen molar-refractivity contribution in [3.63, 3.8) is 0 Å². The minimum absolute atomic E-state index is 0. The van der Waals surface area contributed by atoms with Gasteiger partial charge in [-0.05, 0) is 12.8 Å². The van der Waals surface area contributed by atoms with Gasteiger partial charge in [-0.1, -0.05) is 6.42 Å². The van der Waals surface area contributed by atoms with Crippen LogP contribution < -0.4 is 40.2 Å². The van der Waals surface area contributed by atoms with E-state index in [1.165, 1.54) is 0 Å². The molecule has 0 aromatic heterocycles. The number of rotatable bonds is 5. The quantitative estimate of drug-likeness (QED) is 0.304. The van der Waals surface area contributed by atoms with E-state index in [-0.39, 0.29) is 55.5 Å². The number of nitrogens with one attached hydrogen (secondary N) is 2. The number of carboxylic acid groups (broad SMARTS) is 1. The minimum atomic E-state index is -0.729. The molecule has 0 bridgehead atoms. The summed E-state index contributed by atoms with van der Waals surface area (Å²) in [5.41, 5.74) is 0. The fourth-order valence-electron chi connectivity index (χ4n) is 2.26. The first-order valence-corrected chi connectivity index (χ1v) is 6.62. The van der Waals surface area contributed by atoms with Gasteiger partial charge in [-0.2, -0.15) is 11.8 Å². The van der Waals surface area contributed by atoms with Gasteiger partial charge >= 0.3 is 41.6 Å². The summed E-state index contributed by atoms with van der Waals surface area (Å²) in [6.45, 7) is 0. The average molecular weight is 268 g/mol. The number of urea groups is 1. The van der Waals surface area contributed by atoms with Gasteiger partial charge in [-0.25, -0.2) is 4.79 Å². The van der Waals surface area contributed by atoms with Crippen molar-refractivity contribution in [1.29, 1.82) is 0 Å². The Hall–Kier alpha value is 0.0900. The molecule has 0 aliphatic carbocycles. The number of carboxylic acids is 1. The minimum Gasteiger partial charge on any atom is -1.00 e. The van der Waals surface area contributed by atoms with E-state index in [4.69, 9.17) is 5.11 Å². The molecule has 3 atom stereocenters. The number of hydrogen-bond donors (Lipinski definition) is 3. The van der Waals surface area contributed by atoms with E-state index < -0.39 is 5.97 Å². The molecule has 2 aliphatic rings. The number of amides is 2. The molecule has 0 spiro atoms.